The second-order valence-corrected chi connectivity index (χ2v) is 4.17. The standard InChI is InChI=1S/C8H13N3S/c1-6(2)12-11-8-9-5-4-7(3)10-8/h4-6H,1-3H3,(H,9,10,11). The van der Waals surface area contributed by atoms with Crippen molar-refractivity contribution in [2.45, 2.75) is 26.0 Å². The van der Waals surface area contributed by atoms with Crippen LogP contribution >= 0.6 is 11.9 Å². The monoisotopic (exact) mass is 183 g/mol. The molecule has 0 unspecified atom stereocenters. The molecule has 1 aromatic heterocycles. The van der Waals surface area contributed by atoms with E-state index in [1.807, 2.05) is 13.0 Å². The Morgan fingerprint density at radius 3 is 2.83 bits per heavy atom. The molecule has 1 rings (SSSR count). The molecule has 1 heterocycles. The zero-order valence-corrected chi connectivity index (χ0v) is 8.35. The second kappa shape index (κ2) is 4.30. The molecule has 0 saturated heterocycles. The Labute approximate surface area is 77.1 Å². The highest BCUT2D eigenvalue weighted by atomic mass is 32.2. The summed E-state index contributed by atoms with van der Waals surface area (Å²) < 4.78 is 3.08. The third-order valence-corrected chi connectivity index (χ3v) is 1.95. The molecule has 3 nitrogen and oxygen atoms in total. The van der Waals surface area contributed by atoms with Crippen LogP contribution in [0.25, 0.3) is 0 Å². The normalized spacial score (nSPS) is 10.3. The highest BCUT2D eigenvalue weighted by Crippen LogP contribution is 2.11. The highest BCUT2D eigenvalue weighted by Gasteiger charge is 1.97. The van der Waals surface area contributed by atoms with Crippen LogP contribution in [-0.4, -0.2) is 15.2 Å². The lowest BCUT2D eigenvalue weighted by atomic mass is 10.5. The molecule has 4 heteroatoms. The topological polar surface area (TPSA) is 37.8 Å². The van der Waals surface area contributed by atoms with Crippen molar-refractivity contribution in [1.82, 2.24) is 9.97 Å². The van der Waals surface area contributed by atoms with Gasteiger partial charge in [0, 0.05) is 17.1 Å². The lowest BCUT2D eigenvalue weighted by molar-refractivity contribution is 1.10. The lowest BCUT2D eigenvalue weighted by Gasteiger charge is -2.05. The van der Waals surface area contributed by atoms with Crippen LogP contribution in [0, 0.1) is 6.92 Å². The van der Waals surface area contributed by atoms with Crippen LogP contribution in [-0.2, 0) is 0 Å². The molecule has 66 valence electrons. The van der Waals surface area contributed by atoms with E-state index in [2.05, 4.69) is 28.5 Å². The van der Waals surface area contributed by atoms with Crippen molar-refractivity contribution in [3.05, 3.63) is 18.0 Å². The van der Waals surface area contributed by atoms with Crippen LogP contribution in [0.15, 0.2) is 12.3 Å². The van der Waals surface area contributed by atoms with Crippen LogP contribution in [0.5, 0.6) is 0 Å². The van der Waals surface area contributed by atoms with Gasteiger partial charge in [-0.1, -0.05) is 13.8 Å². The number of hydrogen-bond acceptors (Lipinski definition) is 4. The Morgan fingerprint density at radius 2 is 2.25 bits per heavy atom. The summed E-state index contributed by atoms with van der Waals surface area (Å²) in [6, 6.07) is 1.88. The molecule has 0 bridgehead atoms. The van der Waals surface area contributed by atoms with E-state index in [4.69, 9.17) is 0 Å². The first-order chi connectivity index (χ1) is 5.68. The van der Waals surface area contributed by atoms with Gasteiger partial charge in [0.05, 0.1) is 0 Å². The first-order valence-corrected chi connectivity index (χ1v) is 4.78. The number of hydrogen-bond donors (Lipinski definition) is 1. The fraction of sp³-hybridized carbons (Fsp3) is 0.500. The van der Waals surface area contributed by atoms with Gasteiger partial charge in [0.25, 0.3) is 0 Å². The Balaban J connectivity index is 2.52. The molecule has 0 spiro atoms. The van der Waals surface area contributed by atoms with Gasteiger partial charge in [0.1, 0.15) is 0 Å². The number of aryl methyl sites for hydroxylation is 1. The molecule has 0 saturated carbocycles. The molecule has 0 aliphatic carbocycles. The van der Waals surface area contributed by atoms with E-state index in [1.54, 1.807) is 18.1 Å². The maximum absolute atomic E-state index is 4.20. The minimum absolute atomic E-state index is 0.536. The smallest absolute Gasteiger partial charge is 0.233 e. The lowest BCUT2D eigenvalue weighted by Crippen LogP contribution is -1.99. The van der Waals surface area contributed by atoms with Crippen molar-refractivity contribution in [3.8, 4) is 0 Å². The van der Waals surface area contributed by atoms with Gasteiger partial charge in [-0.05, 0) is 24.9 Å². The summed E-state index contributed by atoms with van der Waals surface area (Å²) in [5, 5.41) is 0.536. The molecule has 0 amide bonds. The molecule has 0 aromatic carbocycles. The fourth-order valence-electron chi connectivity index (χ4n) is 0.669. The van der Waals surface area contributed by atoms with Crippen LogP contribution < -0.4 is 4.72 Å². The van der Waals surface area contributed by atoms with E-state index < -0.39 is 0 Å². The minimum Gasteiger partial charge on any atom is -0.298 e. The Bertz CT molecular complexity index is 250. The fourth-order valence-corrected chi connectivity index (χ4v) is 1.11. The van der Waals surface area contributed by atoms with Crippen LogP contribution in [0.2, 0.25) is 0 Å². The third-order valence-electron chi connectivity index (χ3n) is 1.18. The molecule has 0 radical (unpaired) electrons. The Kier molecular flexibility index (Phi) is 3.34. The highest BCUT2D eigenvalue weighted by molar-refractivity contribution is 8.01. The number of anilines is 1. The average Bonchev–Trinajstić information content (AvgIpc) is 2.01. The van der Waals surface area contributed by atoms with E-state index in [-0.39, 0.29) is 0 Å². The quantitative estimate of drug-likeness (QED) is 0.729. The summed E-state index contributed by atoms with van der Waals surface area (Å²) in [5.41, 5.74) is 0.983. The van der Waals surface area contributed by atoms with Gasteiger partial charge in [0.2, 0.25) is 5.95 Å². The van der Waals surface area contributed by atoms with Gasteiger partial charge in [-0.25, -0.2) is 9.97 Å². The van der Waals surface area contributed by atoms with Crippen LogP contribution in [0.1, 0.15) is 19.5 Å². The molecule has 1 aromatic rings. The number of rotatable bonds is 3. The van der Waals surface area contributed by atoms with E-state index in [9.17, 15) is 0 Å². The van der Waals surface area contributed by atoms with Crippen LogP contribution in [0.4, 0.5) is 5.95 Å². The predicted molar refractivity (Wildman–Crippen MR) is 53.1 cm³/mol. The SMILES string of the molecule is Cc1ccnc(NSC(C)C)n1. The van der Waals surface area contributed by atoms with Crippen molar-refractivity contribution >= 4 is 17.9 Å². The summed E-state index contributed by atoms with van der Waals surface area (Å²) in [6.45, 7) is 6.19. The van der Waals surface area contributed by atoms with E-state index >= 15 is 0 Å². The summed E-state index contributed by atoms with van der Waals surface area (Å²) >= 11 is 1.62. The Morgan fingerprint density at radius 1 is 1.50 bits per heavy atom. The predicted octanol–water partition coefficient (Wildman–Crippen LogP) is 2.25. The summed E-state index contributed by atoms with van der Waals surface area (Å²) in [4.78, 5) is 8.27. The third kappa shape index (κ3) is 3.09. The van der Waals surface area contributed by atoms with E-state index in [0.29, 0.717) is 11.2 Å². The van der Waals surface area contributed by atoms with Gasteiger partial charge in [-0.3, -0.25) is 4.72 Å². The minimum atomic E-state index is 0.536. The van der Waals surface area contributed by atoms with Gasteiger partial charge < -0.3 is 0 Å². The van der Waals surface area contributed by atoms with E-state index in [0.717, 1.165) is 5.69 Å². The molecule has 0 aliphatic heterocycles. The maximum Gasteiger partial charge on any atom is 0.233 e. The second-order valence-electron chi connectivity index (χ2n) is 2.79. The molecular formula is C8H13N3S. The molecule has 0 atom stereocenters. The first-order valence-electron chi connectivity index (χ1n) is 3.90. The van der Waals surface area contributed by atoms with Crippen molar-refractivity contribution < 1.29 is 0 Å². The van der Waals surface area contributed by atoms with E-state index in [1.165, 1.54) is 0 Å². The Hall–Kier alpha value is -0.770. The zero-order chi connectivity index (χ0) is 8.97. The molecule has 0 aliphatic rings. The largest absolute Gasteiger partial charge is 0.298 e. The van der Waals surface area contributed by atoms with Gasteiger partial charge in [0.15, 0.2) is 0 Å². The summed E-state index contributed by atoms with van der Waals surface area (Å²) in [6.07, 6.45) is 1.76. The number of nitrogens with one attached hydrogen (secondary N) is 1. The maximum atomic E-state index is 4.20. The van der Waals surface area contributed by atoms with Crippen molar-refractivity contribution in [3.63, 3.8) is 0 Å². The molecular weight excluding hydrogens is 170 g/mol. The van der Waals surface area contributed by atoms with Crippen molar-refractivity contribution in [1.29, 1.82) is 0 Å². The van der Waals surface area contributed by atoms with Gasteiger partial charge >= 0.3 is 0 Å². The molecule has 0 fully saturated rings. The summed E-state index contributed by atoms with van der Waals surface area (Å²) in [7, 11) is 0. The van der Waals surface area contributed by atoms with Crippen molar-refractivity contribution in [2.24, 2.45) is 0 Å². The number of aromatic nitrogens is 2. The van der Waals surface area contributed by atoms with Crippen LogP contribution in [0.3, 0.4) is 0 Å². The van der Waals surface area contributed by atoms with Crippen molar-refractivity contribution in [2.75, 3.05) is 4.72 Å². The molecule has 1 N–H and O–H groups in total. The zero-order valence-electron chi connectivity index (χ0n) is 7.53. The number of nitrogens with zero attached hydrogens (tertiary/aromatic N) is 2. The van der Waals surface area contributed by atoms with Gasteiger partial charge in [-0.15, -0.1) is 0 Å². The first kappa shape index (κ1) is 9.32. The summed E-state index contributed by atoms with van der Waals surface area (Å²) in [5.74, 6) is 0.689. The van der Waals surface area contributed by atoms with Gasteiger partial charge in [-0.2, -0.15) is 0 Å². The molecule has 12 heavy (non-hydrogen) atoms. The average molecular weight is 183 g/mol.